The minimum atomic E-state index is -0.123. The maximum Gasteiger partial charge on any atom is 0.302 e. The molecule has 2 aliphatic carbocycles. The number of benzene rings is 3. The third kappa shape index (κ3) is 6.82. The van der Waals surface area contributed by atoms with E-state index in [0.29, 0.717) is 22.3 Å². The van der Waals surface area contributed by atoms with Gasteiger partial charge in [0.25, 0.3) is 0 Å². The van der Waals surface area contributed by atoms with Gasteiger partial charge in [-0.3, -0.25) is 14.4 Å². The molecule has 38 heavy (non-hydrogen) atoms. The van der Waals surface area contributed by atoms with Crippen LogP contribution in [0.3, 0.4) is 0 Å². The molecule has 198 valence electrons. The van der Waals surface area contributed by atoms with E-state index in [1.54, 1.807) is 30.3 Å². The molecule has 0 amide bonds. The highest BCUT2D eigenvalue weighted by molar-refractivity contribution is 7.99. The fourth-order valence-electron chi connectivity index (χ4n) is 5.20. The van der Waals surface area contributed by atoms with E-state index >= 15 is 0 Å². The summed E-state index contributed by atoms with van der Waals surface area (Å²) < 4.78 is 5.21. The molecule has 0 heterocycles. The van der Waals surface area contributed by atoms with Crippen LogP contribution in [0.5, 0.6) is 0 Å². The van der Waals surface area contributed by atoms with Crippen LogP contribution in [0.2, 0.25) is 0 Å². The van der Waals surface area contributed by atoms with Crippen molar-refractivity contribution in [3.05, 3.63) is 94.5 Å². The van der Waals surface area contributed by atoms with Gasteiger partial charge in [0.1, 0.15) is 6.10 Å². The minimum absolute atomic E-state index is 0.0737. The predicted molar refractivity (Wildman–Crippen MR) is 152 cm³/mol. The van der Waals surface area contributed by atoms with Gasteiger partial charge in [-0.25, -0.2) is 0 Å². The molecule has 5 rings (SSSR count). The van der Waals surface area contributed by atoms with Crippen molar-refractivity contribution in [3.63, 3.8) is 0 Å². The lowest BCUT2D eigenvalue weighted by atomic mass is 9.84. The number of esters is 1. The fourth-order valence-corrected chi connectivity index (χ4v) is 6.18. The van der Waals surface area contributed by atoms with Crippen LogP contribution >= 0.6 is 11.8 Å². The maximum atomic E-state index is 13.0. The lowest BCUT2D eigenvalue weighted by Crippen LogP contribution is -2.23. The molecule has 4 nitrogen and oxygen atoms in total. The van der Waals surface area contributed by atoms with E-state index < -0.39 is 0 Å². The summed E-state index contributed by atoms with van der Waals surface area (Å²) in [5.74, 6) is 0.616. The Hall–Kier alpha value is -3.18. The highest BCUT2D eigenvalue weighted by atomic mass is 32.2. The molecule has 1 fully saturated rings. The molecule has 0 aromatic heterocycles. The lowest BCUT2D eigenvalue weighted by molar-refractivity contribution is -0.148. The number of fused-ring (bicyclic) bond motifs is 2. The number of hydrogen-bond acceptors (Lipinski definition) is 5. The van der Waals surface area contributed by atoms with Gasteiger partial charge in [-0.05, 0) is 56.7 Å². The molecular weight excluding hydrogens is 492 g/mol. The van der Waals surface area contributed by atoms with Gasteiger partial charge in [-0.15, -0.1) is 0 Å². The second-order valence-electron chi connectivity index (χ2n) is 10.2. The Morgan fingerprint density at radius 3 is 2.11 bits per heavy atom. The van der Waals surface area contributed by atoms with Crippen LogP contribution < -0.4 is 0 Å². The van der Waals surface area contributed by atoms with Gasteiger partial charge in [0.2, 0.25) is 0 Å². The highest BCUT2D eigenvalue weighted by Crippen LogP contribution is 2.37. The van der Waals surface area contributed by atoms with E-state index in [9.17, 15) is 14.4 Å². The zero-order valence-electron chi connectivity index (χ0n) is 22.5. The number of carbonyl (C=O) groups is 3. The quantitative estimate of drug-likeness (QED) is 0.236. The minimum Gasteiger partial charge on any atom is -0.463 e. The van der Waals surface area contributed by atoms with Gasteiger partial charge in [0.15, 0.2) is 11.6 Å². The Balaban J connectivity index is 0.000000206. The first kappa shape index (κ1) is 27.8. The number of unbranched alkanes of at least 4 members (excludes halogenated alkanes) is 1. The average molecular weight is 529 g/mol. The number of ether oxygens (including phenoxy) is 1. The molecule has 0 N–H and O–H groups in total. The van der Waals surface area contributed by atoms with Crippen LogP contribution in [0.4, 0.5) is 0 Å². The normalized spacial score (nSPS) is 18.1. The van der Waals surface area contributed by atoms with Crippen molar-refractivity contribution in [1.82, 2.24) is 0 Å². The Bertz CT molecular complexity index is 1290. The summed E-state index contributed by atoms with van der Waals surface area (Å²) in [6.45, 7) is 5.78. The van der Waals surface area contributed by atoms with Crippen molar-refractivity contribution in [1.29, 1.82) is 0 Å². The van der Waals surface area contributed by atoms with Gasteiger partial charge in [0, 0.05) is 39.0 Å². The Labute approximate surface area is 230 Å². The van der Waals surface area contributed by atoms with Crippen molar-refractivity contribution in [2.24, 2.45) is 5.92 Å². The molecule has 3 aromatic carbocycles. The monoisotopic (exact) mass is 528 g/mol. The van der Waals surface area contributed by atoms with E-state index in [-0.39, 0.29) is 23.6 Å². The number of hydrogen-bond donors (Lipinski definition) is 0. The van der Waals surface area contributed by atoms with Gasteiger partial charge in [-0.2, -0.15) is 0 Å². The van der Waals surface area contributed by atoms with E-state index in [2.05, 4.69) is 6.92 Å². The number of rotatable bonds is 6. The van der Waals surface area contributed by atoms with Crippen LogP contribution in [-0.4, -0.2) is 23.6 Å². The number of ketones is 2. The first-order valence-corrected chi connectivity index (χ1v) is 14.4. The Morgan fingerprint density at radius 2 is 1.47 bits per heavy atom. The van der Waals surface area contributed by atoms with Gasteiger partial charge < -0.3 is 4.74 Å². The molecule has 1 saturated carbocycles. The first-order chi connectivity index (χ1) is 18.4. The zero-order chi connectivity index (χ0) is 27.1. The summed E-state index contributed by atoms with van der Waals surface area (Å²) in [6, 6.07) is 20.7. The largest absolute Gasteiger partial charge is 0.463 e. The second kappa shape index (κ2) is 13.1. The van der Waals surface area contributed by atoms with E-state index in [4.69, 9.17) is 4.74 Å². The summed E-state index contributed by atoms with van der Waals surface area (Å²) in [4.78, 5) is 38.3. The molecule has 0 aliphatic heterocycles. The number of carbonyl (C=O) groups excluding carboxylic acids is 3. The third-order valence-corrected chi connectivity index (χ3v) is 8.32. The Kier molecular flexibility index (Phi) is 9.57. The van der Waals surface area contributed by atoms with Crippen molar-refractivity contribution >= 4 is 29.3 Å². The molecular formula is C33H36O4S. The van der Waals surface area contributed by atoms with Crippen molar-refractivity contribution in [2.75, 3.05) is 0 Å². The van der Waals surface area contributed by atoms with Gasteiger partial charge in [-0.1, -0.05) is 92.0 Å². The maximum absolute atomic E-state index is 13.0. The standard InChI is InChI=1S/C21H14O2S.C12H22O2/c1-13-9-11-14(12-10-13)24-18-8-4-7-17-19(18)21(23)16-6-3-2-5-15(16)20(17)22;1-3-4-5-11-6-8-12(9-7-11)14-10(2)13/h2-12H,1H3;11-12H,3-9H2,1-2H3. The second-order valence-corrected chi connectivity index (χ2v) is 11.3. The smallest absolute Gasteiger partial charge is 0.302 e. The summed E-state index contributed by atoms with van der Waals surface area (Å²) in [5.41, 5.74) is 3.19. The van der Waals surface area contributed by atoms with Crippen molar-refractivity contribution in [3.8, 4) is 0 Å². The van der Waals surface area contributed by atoms with Gasteiger partial charge in [0.05, 0.1) is 0 Å². The lowest BCUT2D eigenvalue weighted by Gasteiger charge is -2.27. The van der Waals surface area contributed by atoms with Crippen molar-refractivity contribution in [2.45, 2.75) is 81.6 Å². The van der Waals surface area contributed by atoms with Crippen LogP contribution in [0.25, 0.3) is 0 Å². The number of aryl methyl sites for hydroxylation is 1. The summed E-state index contributed by atoms with van der Waals surface area (Å²) in [6.07, 6.45) is 8.87. The topological polar surface area (TPSA) is 60.4 Å². The molecule has 0 radical (unpaired) electrons. The molecule has 0 saturated heterocycles. The molecule has 5 heteroatoms. The van der Waals surface area contributed by atoms with E-state index in [1.807, 2.05) is 43.3 Å². The molecule has 2 aliphatic rings. The van der Waals surface area contributed by atoms with Crippen LogP contribution in [0, 0.1) is 12.8 Å². The van der Waals surface area contributed by atoms with Gasteiger partial charge >= 0.3 is 5.97 Å². The molecule has 0 spiro atoms. The molecule has 3 aromatic rings. The first-order valence-electron chi connectivity index (χ1n) is 13.6. The van der Waals surface area contributed by atoms with E-state index in [0.717, 1.165) is 28.6 Å². The molecule has 0 bridgehead atoms. The molecule has 0 atom stereocenters. The van der Waals surface area contributed by atoms with Crippen molar-refractivity contribution < 1.29 is 19.1 Å². The fraction of sp³-hybridized carbons (Fsp3) is 0.364. The summed E-state index contributed by atoms with van der Waals surface area (Å²) >= 11 is 1.52. The third-order valence-electron chi connectivity index (χ3n) is 7.26. The van der Waals surface area contributed by atoms with E-state index in [1.165, 1.54) is 56.4 Å². The average Bonchev–Trinajstić information content (AvgIpc) is 2.92. The van der Waals surface area contributed by atoms with Crippen LogP contribution in [-0.2, 0) is 9.53 Å². The SMILES string of the molecule is CCCCC1CCC(OC(C)=O)CC1.Cc1ccc(Sc2cccc3c2C(=O)c2ccccc2C3=O)cc1. The highest BCUT2D eigenvalue weighted by Gasteiger charge is 2.31. The molecule has 0 unspecified atom stereocenters. The van der Waals surface area contributed by atoms with Crippen LogP contribution in [0.1, 0.15) is 96.2 Å². The Morgan fingerprint density at radius 1 is 0.842 bits per heavy atom. The predicted octanol–water partition coefficient (Wildman–Crippen LogP) is 8.22. The summed E-state index contributed by atoms with van der Waals surface area (Å²) in [7, 11) is 0. The summed E-state index contributed by atoms with van der Waals surface area (Å²) in [5, 5.41) is 0. The van der Waals surface area contributed by atoms with Crippen LogP contribution in [0.15, 0.2) is 76.5 Å². The zero-order valence-corrected chi connectivity index (χ0v) is 23.3.